The molecule has 0 aliphatic carbocycles. The fourth-order valence-corrected chi connectivity index (χ4v) is 1.50. The van der Waals surface area contributed by atoms with Crippen LogP contribution in [0.2, 0.25) is 5.15 Å². The van der Waals surface area contributed by atoms with Gasteiger partial charge in [-0.2, -0.15) is 0 Å². The molecule has 2 heterocycles. The lowest BCUT2D eigenvalue weighted by Gasteiger charge is -1.99. The van der Waals surface area contributed by atoms with E-state index in [0.29, 0.717) is 9.89 Å². The zero-order valence-electron chi connectivity index (χ0n) is 6.98. The van der Waals surface area contributed by atoms with Crippen LogP contribution < -0.4 is 0 Å². The van der Waals surface area contributed by atoms with Gasteiger partial charge >= 0.3 is 0 Å². The van der Waals surface area contributed by atoms with Crippen LogP contribution in [0.3, 0.4) is 0 Å². The zero-order chi connectivity index (χ0) is 9.97. The second-order valence-corrected chi connectivity index (χ2v) is 3.65. The van der Waals surface area contributed by atoms with Crippen molar-refractivity contribution in [2.45, 2.75) is 0 Å². The number of aromatic nitrogens is 3. The van der Waals surface area contributed by atoms with Crippen molar-refractivity contribution in [1.29, 1.82) is 0 Å². The highest BCUT2D eigenvalue weighted by atomic mass is 79.9. The predicted molar refractivity (Wildman–Crippen MR) is 58.0 cm³/mol. The second-order valence-electron chi connectivity index (χ2n) is 2.56. The van der Waals surface area contributed by atoms with Crippen molar-refractivity contribution in [2.75, 3.05) is 0 Å². The Bertz CT molecular complexity index is 418. The first-order valence-corrected chi connectivity index (χ1v) is 5.04. The SMILES string of the molecule is Clc1cccc(-c2ccnc(Br)n2)n1. The van der Waals surface area contributed by atoms with Crippen molar-refractivity contribution >= 4 is 27.5 Å². The monoisotopic (exact) mass is 269 g/mol. The molecule has 70 valence electrons. The van der Waals surface area contributed by atoms with Crippen molar-refractivity contribution in [1.82, 2.24) is 15.0 Å². The summed E-state index contributed by atoms with van der Waals surface area (Å²) in [6, 6.07) is 7.19. The van der Waals surface area contributed by atoms with Crippen LogP contribution in [-0.4, -0.2) is 15.0 Å². The molecule has 0 fully saturated rings. The molecule has 2 aromatic heterocycles. The summed E-state index contributed by atoms with van der Waals surface area (Å²) < 4.78 is 0.539. The van der Waals surface area contributed by atoms with Crippen molar-refractivity contribution in [3.05, 3.63) is 40.3 Å². The van der Waals surface area contributed by atoms with E-state index >= 15 is 0 Å². The van der Waals surface area contributed by atoms with Gasteiger partial charge in [0.2, 0.25) is 0 Å². The van der Waals surface area contributed by atoms with Gasteiger partial charge in [0.1, 0.15) is 5.15 Å². The number of hydrogen-bond donors (Lipinski definition) is 0. The van der Waals surface area contributed by atoms with Gasteiger partial charge in [0.25, 0.3) is 0 Å². The molecule has 0 bridgehead atoms. The Morgan fingerprint density at radius 2 is 1.86 bits per heavy atom. The van der Waals surface area contributed by atoms with Gasteiger partial charge in [0.05, 0.1) is 11.4 Å². The van der Waals surface area contributed by atoms with E-state index in [4.69, 9.17) is 11.6 Å². The summed E-state index contributed by atoms with van der Waals surface area (Å²) >= 11 is 8.96. The van der Waals surface area contributed by atoms with E-state index in [1.54, 1.807) is 18.3 Å². The summed E-state index contributed by atoms with van der Waals surface area (Å²) in [5, 5.41) is 0.456. The first-order valence-electron chi connectivity index (χ1n) is 3.87. The van der Waals surface area contributed by atoms with E-state index in [-0.39, 0.29) is 0 Å². The highest BCUT2D eigenvalue weighted by molar-refractivity contribution is 9.10. The Labute approximate surface area is 94.3 Å². The van der Waals surface area contributed by atoms with E-state index in [1.807, 2.05) is 12.1 Å². The summed E-state index contributed by atoms with van der Waals surface area (Å²) in [6.45, 7) is 0. The topological polar surface area (TPSA) is 38.7 Å². The molecule has 0 aromatic carbocycles. The Morgan fingerprint density at radius 3 is 2.57 bits per heavy atom. The molecule has 0 atom stereocenters. The highest BCUT2D eigenvalue weighted by Gasteiger charge is 2.01. The minimum Gasteiger partial charge on any atom is -0.234 e. The maximum absolute atomic E-state index is 5.77. The molecule has 0 saturated heterocycles. The number of rotatable bonds is 1. The Morgan fingerprint density at radius 1 is 1.07 bits per heavy atom. The molecule has 0 saturated carbocycles. The maximum atomic E-state index is 5.77. The number of halogens is 2. The van der Waals surface area contributed by atoms with Gasteiger partial charge in [0, 0.05) is 6.20 Å². The molecule has 5 heteroatoms. The van der Waals surface area contributed by atoms with E-state index in [1.165, 1.54) is 0 Å². The molecule has 0 aliphatic rings. The van der Waals surface area contributed by atoms with E-state index < -0.39 is 0 Å². The van der Waals surface area contributed by atoms with Gasteiger partial charge in [0.15, 0.2) is 4.73 Å². The standard InChI is InChI=1S/C9H5BrClN3/c10-9-12-5-4-7(14-9)6-2-1-3-8(11)13-6/h1-5H. The molecule has 0 N–H and O–H groups in total. The average Bonchev–Trinajstić information content (AvgIpc) is 2.18. The quantitative estimate of drug-likeness (QED) is 0.591. The molecule has 0 unspecified atom stereocenters. The number of hydrogen-bond acceptors (Lipinski definition) is 3. The lowest BCUT2D eigenvalue weighted by molar-refractivity contribution is 1.10. The predicted octanol–water partition coefficient (Wildman–Crippen LogP) is 2.95. The highest BCUT2D eigenvalue weighted by Crippen LogP contribution is 2.17. The molecule has 0 aliphatic heterocycles. The van der Waals surface area contributed by atoms with Crippen LogP contribution >= 0.6 is 27.5 Å². The van der Waals surface area contributed by atoms with Crippen LogP contribution in [-0.2, 0) is 0 Å². The lowest BCUT2D eigenvalue weighted by atomic mass is 10.3. The summed E-state index contributed by atoms with van der Waals surface area (Å²) in [5.74, 6) is 0. The molecule has 2 aromatic rings. The maximum Gasteiger partial charge on any atom is 0.197 e. The lowest BCUT2D eigenvalue weighted by Crippen LogP contribution is -1.89. The zero-order valence-corrected chi connectivity index (χ0v) is 9.33. The summed E-state index contributed by atoms with van der Waals surface area (Å²) in [7, 11) is 0. The third-order valence-corrected chi connectivity index (χ3v) is 2.20. The van der Waals surface area contributed by atoms with Crippen molar-refractivity contribution < 1.29 is 0 Å². The molecule has 3 nitrogen and oxygen atoms in total. The van der Waals surface area contributed by atoms with Crippen LogP contribution in [0.25, 0.3) is 11.4 Å². The van der Waals surface area contributed by atoms with E-state index in [9.17, 15) is 0 Å². The van der Waals surface area contributed by atoms with Crippen LogP contribution in [0.4, 0.5) is 0 Å². The summed E-state index contributed by atoms with van der Waals surface area (Å²) in [5.41, 5.74) is 1.48. The van der Waals surface area contributed by atoms with Gasteiger partial charge in [-0.15, -0.1) is 0 Å². The van der Waals surface area contributed by atoms with Crippen LogP contribution in [0.5, 0.6) is 0 Å². The third-order valence-electron chi connectivity index (χ3n) is 1.60. The van der Waals surface area contributed by atoms with Crippen molar-refractivity contribution in [3.8, 4) is 11.4 Å². The van der Waals surface area contributed by atoms with Gasteiger partial charge < -0.3 is 0 Å². The fourth-order valence-electron chi connectivity index (χ4n) is 1.03. The van der Waals surface area contributed by atoms with E-state index in [2.05, 4.69) is 30.9 Å². The number of pyridine rings is 1. The normalized spacial score (nSPS) is 10.1. The van der Waals surface area contributed by atoms with Crippen LogP contribution in [0.1, 0.15) is 0 Å². The van der Waals surface area contributed by atoms with Crippen molar-refractivity contribution in [2.24, 2.45) is 0 Å². The minimum absolute atomic E-state index is 0.456. The van der Waals surface area contributed by atoms with Gasteiger partial charge in [-0.25, -0.2) is 15.0 Å². The average molecular weight is 271 g/mol. The Hall–Kier alpha value is -1.00. The van der Waals surface area contributed by atoms with Crippen molar-refractivity contribution in [3.63, 3.8) is 0 Å². The molecule has 0 amide bonds. The first kappa shape index (κ1) is 9.55. The Kier molecular flexibility index (Phi) is 2.74. The van der Waals surface area contributed by atoms with Gasteiger partial charge in [-0.3, -0.25) is 0 Å². The van der Waals surface area contributed by atoms with E-state index in [0.717, 1.165) is 11.4 Å². The smallest absolute Gasteiger partial charge is 0.197 e. The molecule has 2 rings (SSSR count). The molecule has 14 heavy (non-hydrogen) atoms. The fraction of sp³-hybridized carbons (Fsp3) is 0. The second kappa shape index (κ2) is 4.02. The molecule has 0 spiro atoms. The minimum atomic E-state index is 0.456. The van der Waals surface area contributed by atoms with Crippen LogP contribution in [0, 0.1) is 0 Å². The van der Waals surface area contributed by atoms with Gasteiger partial charge in [-0.05, 0) is 34.1 Å². The molecule has 0 radical (unpaired) electrons. The largest absolute Gasteiger partial charge is 0.234 e. The van der Waals surface area contributed by atoms with Gasteiger partial charge in [-0.1, -0.05) is 17.7 Å². The third kappa shape index (κ3) is 2.08. The first-order chi connectivity index (χ1) is 6.75. The Balaban J connectivity index is 2.49. The molecular formula is C9H5BrClN3. The number of nitrogens with zero attached hydrogens (tertiary/aromatic N) is 3. The summed E-state index contributed by atoms with van der Waals surface area (Å²) in [6.07, 6.45) is 1.66. The molecular weight excluding hydrogens is 265 g/mol. The van der Waals surface area contributed by atoms with Crippen LogP contribution in [0.15, 0.2) is 35.2 Å². The summed E-state index contributed by atoms with van der Waals surface area (Å²) in [4.78, 5) is 12.2.